The third-order valence-corrected chi connectivity index (χ3v) is 3.01. The number of methoxy groups -OCH3 is 1. The van der Waals surface area contributed by atoms with Gasteiger partial charge in [-0.3, -0.25) is 4.79 Å². The van der Waals surface area contributed by atoms with E-state index >= 15 is 0 Å². The Morgan fingerprint density at radius 1 is 1.18 bits per heavy atom. The van der Waals surface area contributed by atoms with Gasteiger partial charge in [-0.25, -0.2) is 0 Å². The first-order valence-electron chi connectivity index (χ1n) is 6.74. The average molecular weight is 293 g/mol. The summed E-state index contributed by atoms with van der Waals surface area (Å²) in [6.07, 6.45) is 0.135. The molecule has 5 heteroatoms. The number of nitriles is 1. The molecule has 0 aliphatic carbocycles. The number of hydrogen-bond acceptors (Lipinski definition) is 5. The molecule has 0 amide bonds. The summed E-state index contributed by atoms with van der Waals surface area (Å²) in [6, 6.07) is 16.9. The molecule has 1 atom stereocenters. The Hall–Kier alpha value is -3.00. The van der Waals surface area contributed by atoms with Gasteiger partial charge in [0.15, 0.2) is 5.78 Å². The molecule has 0 heterocycles. The van der Waals surface area contributed by atoms with E-state index < -0.39 is 6.04 Å². The first-order valence-corrected chi connectivity index (χ1v) is 6.74. The highest BCUT2D eigenvalue weighted by Gasteiger charge is 2.17. The van der Waals surface area contributed by atoms with Crippen LogP contribution in [-0.4, -0.2) is 18.9 Å². The van der Waals surface area contributed by atoms with E-state index in [1.54, 1.807) is 43.5 Å². The molecule has 0 radical (unpaired) electrons. The van der Waals surface area contributed by atoms with Crippen molar-refractivity contribution < 1.29 is 9.53 Å². The van der Waals surface area contributed by atoms with Crippen molar-refractivity contribution in [1.82, 2.24) is 0 Å². The fraction of sp³-hybridized carbons (Fsp3) is 0.176. The van der Waals surface area contributed by atoms with Crippen LogP contribution < -0.4 is 4.74 Å². The van der Waals surface area contributed by atoms with Crippen LogP contribution in [0.25, 0.3) is 0 Å². The summed E-state index contributed by atoms with van der Waals surface area (Å²) in [5.74, 6) is 0.434. The largest absolute Gasteiger partial charge is 0.497 e. The summed E-state index contributed by atoms with van der Waals surface area (Å²) in [5, 5.41) is 16.9. The fourth-order valence-corrected chi connectivity index (χ4v) is 1.82. The van der Waals surface area contributed by atoms with Crippen LogP contribution in [0.15, 0.2) is 64.8 Å². The van der Waals surface area contributed by atoms with E-state index in [2.05, 4.69) is 10.2 Å². The summed E-state index contributed by atoms with van der Waals surface area (Å²) < 4.78 is 5.06. The number of hydrogen-bond donors (Lipinski definition) is 0. The van der Waals surface area contributed by atoms with E-state index in [1.165, 1.54) is 0 Å². The minimum atomic E-state index is -1.10. The molecule has 2 rings (SSSR count). The zero-order valence-electron chi connectivity index (χ0n) is 12.1. The van der Waals surface area contributed by atoms with Gasteiger partial charge in [0, 0.05) is 6.42 Å². The summed E-state index contributed by atoms with van der Waals surface area (Å²) in [5.41, 5.74) is 1.42. The molecule has 2 aromatic carbocycles. The third-order valence-electron chi connectivity index (χ3n) is 3.01. The van der Waals surface area contributed by atoms with Crippen molar-refractivity contribution in [2.75, 3.05) is 7.11 Å². The number of azo groups is 1. The summed E-state index contributed by atoms with van der Waals surface area (Å²) in [6.45, 7) is 0. The number of benzene rings is 2. The predicted octanol–water partition coefficient (Wildman–Crippen LogP) is 3.48. The highest BCUT2D eigenvalue weighted by Crippen LogP contribution is 2.14. The molecular formula is C17H15N3O2. The van der Waals surface area contributed by atoms with Crippen LogP contribution in [0.4, 0.5) is 5.69 Å². The Balaban J connectivity index is 2.02. The SMILES string of the molecule is COc1ccc(CC(=O)C(C#N)N=Nc2ccccc2)cc1. The van der Waals surface area contributed by atoms with Gasteiger partial charge in [0.25, 0.3) is 0 Å². The van der Waals surface area contributed by atoms with Crippen molar-refractivity contribution >= 4 is 11.5 Å². The number of carbonyl (C=O) groups is 1. The molecule has 0 bridgehead atoms. The Morgan fingerprint density at radius 2 is 1.86 bits per heavy atom. The molecule has 0 spiro atoms. The minimum Gasteiger partial charge on any atom is -0.497 e. The van der Waals surface area contributed by atoms with Crippen LogP contribution in [0.1, 0.15) is 5.56 Å². The highest BCUT2D eigenvalue weighted by molar-refractivity contribution is 5.88. The highest BCUT2D eigenvalue weighted by atomic mass is 16.5. The monoisotopic (exact) mass is 293 g/mol. The molecule has 0 saturated carbocycles. The number of rotatable bonds is 6. The maximum absolute atomic E-state index is 12.1. The molecule has 0 fully saturated rings. The van der Waals surface area contributed by atoms with E-state index in [9.17, 15) is 4.79 Å². The van der Waals surface area contributed by atoms with Gasteiger partial charge in [-0.05, 0) is 29.8 Å². The number of carbonyl (C=O) groups excluding carboxylic acids is 1. The maximum atomic E-state index is 12.1. The van der Waals surface area contributed by atoms with E-state index in [4.69, 9.17) is 10.00 Å². The third kappa shape index (κ3) is 4.25. The quantitative estimate of drug-likeness (QED) is 0.765. The molecule has 22 heavy (non-hydrogen) atoms. The lowest BCUT2D eigenvalue weighted by molar-refractivity contribution is -0.118. The second kappa shape index (κ2) is 7.70. The number of Topliss-reactive ketones (excluding diaryl/α,β-unsaturated/α-hetero) is 1. The molecule has 0 N–H and O–H groups in total. The maximum Gasteiger partial charge on any atom is 0.215 e. The second-order valence-corrected chi connectivity index (χ2v) is 4.57. The molecule has 0 aromatic heterocycles. The van der Waals surface area contributed by atoms with Crippen LogP contribution in [0.5, 0.6) is 5.75 Å². The van der Waals surface area contributed by atoms with Gasteiger partial charge in [-0.1, -0.05) is 30.3 Å². The van der Waals surface area contributed by atoms with Crippen LogP contribution in [0.2, 0.25) is 0 Å². The smallest absolute Gasteiger partial charge is 0.215 e. The van der Waals surface area contributed by atoms with E-state index in [-0.39, 0.29) is 12.2 Å². The van der Waals surface area contributed by atoms with Crippen LogP contribution >= 0.6 is 0 Å². The molecule has 5 nitrogen and oxygen atoms in total. The van der Waals surface area contributed by atoms with Gasteiger partial charge < -0.3 is 4.74 Å². The summed E-state index contributed by atoms with van der Waals surface area (Å²) in [7, 11) is 1.58. The Morgan fingerprint density at radius 3 is 2.45 bits per heavy atom. The van der Waals surface area contributed by atoms with Crippen molar-refractivity contribution in [2.45, 2.75) is 12.5 Å². The van der Waals surface area contributed by atoms with Crippen molar-refractivity contribution in [3.8, 4) is 11.8 Å². The van der Waals surface area contributed by atoms with Crippen LogP contribution in [-0.2, 0) is 11.2 Å². The van der Waals surface area contributed by atoms with Crippen molar-refractivity contribution in [2.24, 2.45) is 10.2 Å². The first kappa shape index (κ1) is 15.4. The van der Waals surface area contributed by atoms with Gasteiger partial charge in [0.1, 0.15) is 5.75 Å². The van der Waals surface area contributed by atoms with E-state index in [1.807, 2.05) is 24.3 Å². The molecule has 110 valence electrons. The number of ketones is 1. The van der Waals surface area contributed by atoms with Gasteiger partial charge in [0.05, 0.1) is 18.9 Å². The first-order chi connectivity index (χ1) is 10.7. The van der Waals surface area contributed by atoms with Crippen LogP contribution in [0, 0.1) is 11.3 Å². The molecular weight excluding hydrogens is 278 g/mol. The number of ether oxygens (including phenoxy) is 1. The number of nitrogens with zero attached hydrogens (tertiary/aromatic N) is 3. The lowest BCUT2D eigenvalue weighted by atomic mass is 10.0. The minimum absolute atomic E-state index is 0.135. The van der Waals surface area contributed by atoms with Gasteiger partial charge in [-0.15, -0.1) is 0 Å². The zero-order chi connectivity index (χ0) is 15.8. The molecule has 0 aliphatic heterocycles. The Labute approximate surface area is 128 Å². The summed E-state index contributed by atoms with van der Waals surface area (Å²) >= 11 is 0. The second-order valence-electron chi connectivity index (χ2n) is 4.57. The Kier molecular flexibility index (Phi) is 5.38. The van der Waals surface area contributed by atoms with Crippen molar-refractivity contribution in [1.29, 1.82) is 5.26 Å². The topological polar surface area (TPSA) is 74.8 Å². The molecule has 2 aromatic rings. The zero-order valence-corrected chi connectivity index (χ0v) is 12.1. The average Bonchev–Trinajstić information content (AvgIpc) is 2.57. The standard InChI is InChI=1S/C17H15N3O2/c1-22-15-9-7-13(8-10-15)11-17(21)16(12-18)20-19-14-5-3-2-4-6-14/h2-10,16H,11H2,1H3. The van der Waals surface area contributed by atoms with Gasteiger partial charge >= 0.3 is 0 Å². The van der Waals surface area contributed by atoms with E-state index in [0.29, 0.717) is 5.69 Å². The lowest BCUT2D eigenvalue weighted by Crippen LogP contribution is -2.18. The predicted molar refractivity (Wildman–Crippen MR) is 82.1 cm³/mol. The normalized spacial score (nSPS) is 11.8. The summed E-state index contributed by atoms with van der Waals surface area (Å²) in [4.78, 5) is 12.1. The van der Waals surface area contributed by atoms with E-state index in [0.717, 1.165) is 11.3 Å². The molecule has 1 unspecified atom stereocenters. The Bertz CT molecular complexity index is 688. The van der Waals surface area contributed by atoms with Gasteiger partial charge in [-0.2, -0.15) is 15.5 Å². The van der Waals surface area contributed by atoms with Crippen LogP contribution in [0.3, 0.4) is 0 Å². The van der Waals surface area contributed by atoms with Crippen molar-refractivity contribution in [3.05, 3.63) is 60.2 Å². The van der Waals surface area contributed by atoms with Gasteiger partial charge in [0.2, 0.25) is 6.04 Å². The van der Waals surface area contributed by atoms with Crippen molar-refractivity contribution in [3.63, 3.8) is 0 Å². The molecule has 0 saturated heterocycles. The fourth-order valence-electron chi connectivity index (χ4n) is 1.82. The molecule has 0 aliphatic rings. The lowest BCUT2D eigenvalue weighted by Gasteiger charge is -2.04.